The SMILES string of the molecule is Fc1cc(Cl)ccc1CN1CCOC(CBr)C1. The zero-order valence-electron chi connectivity index (χ0n) is 9.33. The van der Waals surface area contributed by atoms with Crippen LogP contribution < -0.4 is 0 Å². The molecule has 94 valence electrons. The van der Waals surface area contributed by atoms with E-state index in [4.69, 9.17) is 16.3 Å². The average molecular weight is 323 g/mol. The van der Waals surface area contributed by atoms with Gasteiger partial charge in [0.05, 0.1) is 12.7 Å². The maximum Gasteiger partial charge on any atom is 0.129 e. The summed E-state index contributed by atoms with van der Waals surface area (Å²) in [6.45, 7) is 2.97. The van der Waals surface area contributed by atoms with Crippen LogP contribution in [0.1, 0.15) is 5.56 Å². The molecule has 2 rings (SSSR count). The van der Waals surface area contributed by atoms with E-state index in [0.717, 1.165) is 18.4 Å². The number of hydrogen-bond acceptors (Lipinski definition) is 2. The van der Waals surface area contributed by atoms with Crippen molar-refractivity contribution in [2.75, 3.05) is 25.0 Å². The minimum absolute atomic E-state index is 0.194. The first-order valence-electron chi connectivity index (χ1n) is 5.53. The number of rotatable bonds is 3. The molecule has 1 unspecified atom stereocenters. The van der Waals surface area contributed by atoms with E-state index in [1.807, 2.05) is 0 Å². The molecule has 17 heavy (non-hydrogen) atoms. The minimum atomic E-state index is -0.237. The smallest absolute Gasteiger partial charge is 0.129 e. The Morgan fingerprint density at radius 1 is 1.53 bits per heavy atom. The Kier molecular flexibility index (Phi) is 4.79. The van der Waals surface area contributed by atoms with Crippen LogP contribution in [0.25, 0.3) is 0 Å². The molecule has 0 N–H and O–H groups in total. The fourth-order valence-electron chi connectivity index (χ4n) is 1.91. The maximum absolute atomic E-state index is 13.6. The summed E-state index contributed by atoms with van der Waals surface area (Å²) in [6.07, 6.45) is 0.194. The number of hydrogen-bond donors (Lipinski definition) is 0. The van der Waals surface area contributed by atoms with Crippen LogP contribution in [0.15, 0.2) is 18.2 Å². The van der Waals surface area contributed by atoms with Gasteiger partial charge < -0.3 is 4.74 Å². The standard InChI is InChI=1S/C12H14BrClFNO/c13-6-11-8-16(3-4-17-11)7-9-1-2-10(14)5-12(9)15/h1-2,5,11H,3-4,6-8H2. The lowest BCUT2D eigenvalue weighted by Crippen LogP contribution is -2.42. The molecule has 0 aromatic heterocycles. The molecule has 1 aliphatic rings. The van der Waals surface area contributed by atoms with E-state index in [1.165, 1.54) is 6.07 Å². The summed E-state index contributed by atoms with van der Waals surface area (Å²) in [5, 5.41) is 1.25. The molecular formula is C12H14BrClFNO. The van der Waals surface area contributed by atoms with E-state index >= 15 is 0 Å². The normalized spacial score (nSPS) is 21.7. The van der Waals surface area contributed by atoms with Gasteiger partial charge in [0.15, 0.2) is 0 Å². The molecule has 0 radical (unpaired) electrons. The Bertz CT molecular complexity index is 391. The predicted molar refractivity (Wildman–Crippen MR) is 70.2 cm³/mol. The Balaban J connectivity index is 2.00. The molecule has 1 aromatic carbocycles. The molecule has 1 heterocycles. The highest BCUT2D eigenvalue weighted by molar-refractivity contribution is 9.09. The summed E-state index contributed by atoms with van der Waals surface area (Å²) in [7, 11) is 0. The van der Waals surface area contributed by atoms with Gasteiger partial charge in [0.25, 0.3) is 0 Å². The van der Waals surface area contributed by atoms with Crippen LogP contribution in [0.3, 0.4) is 0 Å². The van der Waals surface area contributed by atoms with Crippen molar-refractivity contribution in [1.82, 2.24) is 4.90 Å². The number of morpholine rings is 1. The van der Waals surface area contributed by atoms with Gasteiger partial charge in [-0.25, -0.2) is 4.39 Å². The highest BCUT2D eigenvalue weighted by Gasteiger charge is 2.20. The van der Waals surface area contributed by atoms with E-state index in [9.17, 15) is 4.39 Å². The van der Waals surface area contributed by atoms with E-state index in [1.54, 1.807) is 12.1 Å². The van der Waals surface area contributed by atoms with Crippen LogP contribution in [0.5, 0.6) is 0 Å². The first-order valence-corrected chi connectivity index (χ1v) is 7.03. The van der Waals surface area contributed by atoms with Crippen molar-refractivity contribution in [3.63, 3.8) is 0 Å². The summed E-state index contributed by atoms with van der Waals surface area (Å²) >= 11 is 9.13. The van der Waals surface area contributed by atoms with Crippen LogP contribution in [-0.4, -0.2) is 36.0 Å². The van der Waals surface area contributed by atoms with E-state index in [0.29, 0.717) is 23.7 Å². The van der Waals surface area contributed by atoms with Crippen LogP contribution in [-0.2, 0) is 11.3 Å². The number of benzene rings is 1. The molecule has 5 heteroatoms. The molecule has 0 aliphatic carbocycles. The molecular weight excluding hydrogens is 308 g/mol. The Labute approximate surface area is 114 Å². The molecule has 0 amide bonds. The molecule has 1 aromatic rings. The number of nitrogens with zero attached hydrogens (tertiary/aromatic N) is 1. The molecule has 0 saturated carbocycles. The largest absolute Gasteiger partial charge is 0.375 e. The topological polar surface area (TPSA) is 12.5 Å². The molecule has 1 fully saturated rings. The van der Waals surface area contributed by atoms with Crippen molar-refractivity contribution in [3.05, 3.63) is 34.6 Å². The van der Waals surface area contributed by atoms with Crippen LogP contribution in [0.2, 0.25) is 5.02 Å². The third kappa shape index (κ3) is 3.65. The fraction of sp³-hybridized carbons (Fsp3) is 0.500. The first kappa shape index (κ1) is 13.3. The van der Waals surface area contributed by atoms with Crippen LogP contribution >= 0.6 is 27.5 Å². The summed E-state index contributed by atoms with van der Waals surface area (Å²) in [6, 6.07) is 4.83. The second-order valence-electron chi connectivity index (χ2n) is 4.12. The van der Waals surface area contributed by atoms with Crippen molar-refractivity contribution in [3.8, 4) is 0 Å². The number of halogens is 3. The van der Waals surface area contributed by atoms with Crippen molar-refractivity contribution in [1.29, 1.82) is 0 Å². The van der Waals surface area contributed by atoms with E-state index < -0.39 is 0 Å². The van der Waals surface area contributed by atoms with Crippen molar-refractivity contribution in [2.45, 2.75) is 12.6 Å². The molecule has 0 bridgehead atoms. The Morgan fingerprint density at radius 2 is 2.35 bits per heavy atom. The highest BCUT2D eigenvalue weighted by atomic mass is 79.9. The second kappa shape index (κ2) is 6.14. The molecule has 1 saturated heterocycles. The summed E-state index contributed by atoms with van der Waals surface area (Å²) < 4.78 is 19.2. The van der Waals surface area contributed by atoms with Gasteiger partial charge in [-0.2, -0.15) is 0 Å². The molecule has 1 atom stereocenters. The van der Waals surface area contributed by atoms with Gasteiger partial charge in [-0.3, -0.25) is 4.90 Å². The van der Waals surface area contributed by atoms with Crippen molar-refractivity contribution in [2.24, 2.45) is 0 Å². The third-order valence-electron chi connectivity index (χ3n) is 2.80. The van der Waals surface area contributed by atoms with E-state index in [2.05, 4.69) is 20.8 Å². The van der Waals surface area contributed by atoms with Gasteiger partial charge in [0.2, 0.25) is 0 Å². The van der Waals surface area contributed by atoms with E-state index in [-0.39, 0.29) is 11.9 Å². The Morgan fingerprint density at radius 3 is 3.06 bits per heavy atom. The third-order valence-corrected chi connectivity index (χ3v) is 3.76. The van der Waals surface area contributed by atoms with Gasteiger partial charge in [0.1, 0.15) is 5.82 Å². The minimum Gasteiger partial charge on any atom is -0.375 e. The Hall–Kier alpha value is -0.160. The van der Waals surface area contributed by atoms with Gasteiger partial charge >= 0.3 is 0 Å². The lowest BCUT2D eigenvalue weighted by Gasteiger charge is -2.32. The van der Waals surface area contributed by atoms with Crippen LogP contribution in [0.4, 0.5) is 4.39 Å². The summed E-state index contributed by atoms with van der Waals surface area (Å²) in [5.41, 5.74) is 0.685. The average Bonchev–Trinajstić information content (AvgIpc) is 2.33. The second-order valence-corrected chi connectivity index (χ2v) is 5.20. The first-order chi connectivity index (χ1) is 8.19. The quantitative estimate of drug-likeness (QED) is 0.793. The molecule has 2 nitrogen and oxygen atoms in total. The number of ether oxygens (including phenoxy) is 1. The zero-order chi connectivity index (χ0) is 12.3. The lowest BCUT2D eigenvalue weighted by molar-refractivity contribution is -0.0184. The predicted octanol–water partition coefficient (Wildman–Crippen LogP) is 3.07. The van der Waals surface area contributed by atoms with Gasteiger partial charge in [-0.05, 0) is 12.1 Å². The molecule has 0 spiro atoms. The summed E-state index contributed by atoms with van der Waals surface area (Å²) in [5.74, 6) is -0.237. The zero-order valence-corrected chi connectivity index (χ0v) is 11.7. The maximum atomic E-state index is 13.6. The van der Waals surface area contributed by atoms with Crippen molar-refractivity contribution < 1.29 is 9.13 Å². The number of alkyl halides is 1. The van der Waals surface area contributed by atoms with Gasteiger partial charge in [-0.1, -0.05) is 33.6 Å². The van der Waals surface area contributed by atoms with Crippen molar-refractivity contribution >= 4 is 27.5 Å². The highest BCUT2D eigenvalue weighted by Crippen LogP contribution is 2.18. The van der Waals surface area contributed by atoms with Gasteiger partial charge in [0, 0.05) is 35.6 Å². The van der Waals surface area contributed by atoms with Gasteiger partial charge in [-0.15, -0.1) is 0 Å². The fourth-order valence-corrected chi connectivity index (χ4v) is 2.46. The van der Waals surface area contributed by atoms with Crippen LogP contribution in [0, 0.1) is 5.82 Å². The summed E-state index contributed by atoms with van der Waals surface area (Å²) in [4.78, 5) is 2.20. The molecule has 1 aliphatic heterocycles. The lowest BCUT2D eigenvalue weighted by atomic mass is 10.2. The monoisotopic (exact) mass is 321 g/mol.